The topological polar surface area (TPSA) is 173 Å². The first kappa shape index (κ1) is 79.9. The zero-order valence-corrected chi connectivity index (χ0v) is 28.9. The maximum Gasteiger partial charge on any atom is 0.339 e. The highest BCUT2D eigenvalue weighted by Gasteiger charge is 2.24. The van der Waals surface area contributed by atoms with Gasteiger partial charge in [0.1, 0.15) is 18.7 Å². The molecule has 3 unspecified atom stereocenters. The van der Waals surface area contributed by atoms with Crippen LogP contribution < -0.4 is 0 Å². The summed E-state index contributed by atoms with van der Waals surface area (Å²) < 4.78 is 90.3. The normalized spacial score (nSPS) is 11.2. The summed E-state index contributed by atoms with van der Waals surface area (Å²) in [7, 11) is -12.2. The molecule has 0 heterocycles. The van der Waals surface area contributed by atoms with E-state index in [1.807, 2.05) is 19.1 Å². The van der Waals surface area contributed by atoms with Crippen LogP contribution in [-0.4, -0.2) is 82.6 Å². The number of benzene rings is 2. The van der Waals surface area contributed by atoms with Gasteiger partial charge in [-0.1, -0.05) is 141 Å². The quantitative estimate of drug-likeness (QED) is 0.0786. The first-order valence-electron chi connectivity index (χ1n) is 13.8. The second-order valence-electron chi connectivity index (χ2n) is 9.60. The molecule has 0 aliphatic heterocycles. The molecule has 2 rings (SSSR count). The van der Waals surface area contributed by atoms with Crippen molar-refractivity contribution < 1.29 is 59.2 Å². The van der Waals surface area contributed by atoms with Gasteiger partial charge in [0.15, 0.2) is 0 Å². The first-order valence-corrected chi connectivity index (χ1v) is 19.3. The maximum atomic E-state index is 13.9. The molecule has 0 aromatic heterocycles. The molecule has 10 nitrogen and oxygen atoms in total. The Hall–Kier alpha value is -1.67. The molecule has 53 heavy (non-hydrogen) atoms. The zero-order chi connectivity index (χ0) is 35.7. The minimum absolute atomic E-state index is 0. The maximum absolute atomic E-state index is 13.9. The number of rotatable bonds is 12. The van der Waals surface area contributed by atoms with Crippen LogP contribution in [-0.2, 0) is 19.2 Å². The third-order valence-corrected chi connectivity index (χ3v) is 7.01. The molecule has 0 aliphatic carbocycles. The molecule has 0 fully saturated rings. The van der Waals surface area contributed by atoms with E-state index in [1.165, 1.54) is 18.1 Å². The van der Waals surface area contributed by atoms with Crippen molar-refractivity contribution in [2.75, 3.05) is 39.0 Å². The SMILES string of the molecule is C.C.C.C.C.C.C.C.CCC(F)CC(CC(C)c1ccccc1)c1ccccc1.CCF.CCN(CP(=O)(O)O)CP(=O)(O)O.CS(=O)(=O)O.FCF. The van der Waals surface area contributed by atoms with Crippen LogP contribution >= 0.6 is 15.2 Å². The number of alkyl halides is 4. The van der Waals surface area contributed by atoms with Crippen molar-refractivity contribution >= 4 is 25.3 Å². The van der Waals surface area contributed by atoms with Crippen LogP contribution in [0.1, 0.15) is 129 Å². The molecule has 0 radical (unpaired) electrons. The fourth-order valence-corrected chi connectivity index (χ4v) is 5.48. The van der Waals surface area contributed by atoms with E-state index in [4.69, 9.17) is 24.1 Å². The van der Waals surface area contributed by atoms with E-state index in [-0.39, 0.29) is 78.6 Å². The molecule has 0 aliphatic rings. The van der Waals surface area contributed by atoms with Crippen molar-refractivity contribution in [2.45, 2.75) is 124 Å². The van der Waals surface area contributed by atoms with Crippen LogP contribution in [0.3, 0.4) is 0 Å². The number of nitrogens with zero attached hydrogens (tertiary/aromatic N) is 1. The van der Waals surface area contributed by atoms with Gasteiger partial charge in [-0.05, 0) is 55.7 Å². The lowest BCUT2D eigenvalue weighted by molar-refractivity contribution is 0.278. The largest absolute Gasteiger partial charge is 0.339 e. The highest BCUT2D eigenvalue weighted by Crippen LogP contribution is 2.40. The molecule has 0 saturated carbocycles. The predicted octanol–water partition coefficient (Wildman–Crippen LogP) is 12.1. The minimum Gasteiger partial charge on any atom is -0.324 e. The van der Waals surface area contributed by atoms with Crippen molar-refractivity contribution in [1.82, 2.24) is 4.90 Å². The minimum atomic E-state index is -4.24. The Bertz CT molecular complexity index is 1150. The molecule has 328 valence electrons. The van der Waals surface area contributed by atoms with Gasteiger partial charge in [0.05, 0.1) is 12.9 Å². The Morgan fingerprint density at radius 3 is 1.21 bits per heavy atom. The lowest BCUT2D eigenvalue weighted by Crippen LogP contribution is -2.25. The van der Waals surface area contributed by atoms with Gasteiger partial charge in [-0.2, -0.15) is 8.42 Å². The average Bonchev–Trinajstić information content (AvgIpc) is 2.92. The standard InChI is InChI=1S/C20H25F.C4H13NO6P2.C2H5F.CH2F2.CH4O3S.8CH4/c1-3-20(21)15-19(18-12-8-5-9-13-18)14-16(2)17-10-6-4-7-11-17;1-2-5(3-12(6,7)8)4-13(9,10)11;1-2-3;2-1-3;1-5(2,3)4;;;;;;;;/h4-13,16,19-20H,3,14-15H2,1-2H3;2-4H2,1H3,(H2,6,7,8)(H2,9,10,11);2H2,1H3;1H2;1H3,(H,2,3,4);8*1H4. The third kappa shape index (κ3) is 59.8. The van der Waals surface area contributed by atoms with Gasteiger partial charge in [-0.3, -0.25) is 23.0 Å². The summed E-state index contributed by atoms with van der Waals surface area (Å²) in [5.41, 5.74) is 2.60. The molecular weight excluding hydrogens is 760 g/mol. The molecule has 17 heteroatoms. The summed E-state index contributed by atoms with van der Waals surface area (Å²) in [4.78, 5) is 35.1. The lowest BCUT2D eigenvalue weighted by atomic mass is 9.83. The lowest BCUT2D eigenvalue weighted by Gasteiger charge is -2.23. The molecule has 0 saturated heterocycles. The van der Waals surface area contributed by atoms with Crippen LogP contribution in [0.5, 0.6) is 0 Å². The van der Waals surface area contributed by atoms with Gasteiger partial charge in [-0.25, -0.2) is 13.2 Å². The fourth-order valence-electron chi connectivity index (χ4n) is 3.68. The van der Waals surface area contributed by atoms with E-state index in [0.717, 1.165) is 11.3 Å². The third-order valence-electron chi connectivity index (χ3n) is 5.48. The van der Waals surface area contributed by atoms with E-state index >= 15 is 0 Å². The van der Waals surface area contributed by atoms with Crippen molar-refractivity contribution in [3.63, 3.8) is 0 Å². The van der Waals surface area contributed by atoms with E-state index < -0.39 is 51.0 Å². The van der Waals surface area contributed by atoms with Crippen LogP contribution in [0.15, 0.2) is 60.7 Å². The molecule has 0 spiro atoms. The first-order chi connectivity index (χ1) is 20.7. The number of hydrogen-bond acceptors (Lipinski definition) is 5. The predicted molar refractivity (Wildman–Crippen MR) is 225 cm³/mol. The summed E-state index contributed by atoms with van der Waals surface area (Å²) in [5, 5.41) is 0. The van der Waals surface area contributed by atoms with Gasteiger partial charge in [-0.15, -0.1) is 0 Å². The van der Waals surface area contributed by atoms with Crippen molar-refractivity contribution in [1.29, 1.82) is 0 Å². The van der Waals surface area contributed by atoms with Gasteiger partial charge >= 0.3 is 15.2 Å². The Morgan fingerprint density at radius 1 is 0.679 bits per heavy atom. The molecular formula is C36H81F4NO9P2S. The summed E-state index contributed by atoms with van der Waals surface area (Å²) >= 11 is 0. The highest BCUT2D eigenvalue weighted by atomic mass is 32.2. The zero-order valence-electron chi connectivity index (χ0n) is 26.3. The van der Waals surface area contributed by atoms with Gasteiger partial charge in [0.2, 0.25) is 6.93 Å². The summed E-state index contributed by atoms with van der Waals surface area (Å²) in [6, 6.07) is 20.9. The average molecular weight is 842 g/mol. The summed E-state index contributed by atoms with van der Waals surface area (Å²) in [6.45, 7) is 5.36. The van der Waals surface area contributed by atoms with Crippen LogP contribution in [0.25, 0.3) is 0 Å². The Balaban J connectivity index is -0.0000000537. The molecule has 2 aromatic carbocycles. The summed E-state index contributed by atoms with van der Waals surface area (Å²) in [5.74, 6) is 0.733. The molecule has 0 amide bonds. The monoisotopic (exact) mass is 842 g/mol. The van der Waals surface area contributed by atoms with Crippen molar-refractivity contribution in [3.8, 4) is 0 Å². The second-order valence-corrected chi connectivity index (χ2v) is 14.3. The number of hydrogen-bond donors (Lipinski definition) is 5. The molecule has 3 atom stereocenters. The van der Waals surface area contributed by atoms with E-state index in [2.05, 4.69) is 55.5 Å². The smallest absolute Gasteiger partial charge is 0.324 e. The number of halogens is 4. The Kier molecular flexibility index (Phi) is 67.5. The Morgan fingerprint density at radius 2 is 0.962 bits per heavy atom. The van der Waals surface area contributed by atoms with E-state index in [0.29, 0.717) is 25.0 Å². The second kappa shape index (κ2) is 44.7. The fraction of sp³-hybridized carbons (Fsp3) is 0.667. The molecule has 5 N–H and O–H groups in total. The molecule has 2 aromatic rings. The van der Waals surface area contributed by atoms with E-state index in [9.17, 15) is 35.1 Å². The van der Waals surface area contributed by atoms with Crippen molar-refractivity contribution in [3.05, 3.63) is 71.8 Å². The highest BCUT2D eigenvalue weighted by molar-refractivity contribution is 7.85. The molecule has 0 bridgehead atoms. The van der Waals surface area contributed by atoms with Crippen LogP contribution in [0.2, 0.25) is 0 Å². The Labute approximate surface area is 323 Å². The van der Waals surface area contributed by atoms with E-state index in [1.54, 1.807) is 6.92 Å². The van der Waals surface area contributed by atoms with Gasteiger partial charge in [0, 0.05) is 0 Å². The summed E-state index contributed by atoms with van der Waals surface area (Å²) in [6.07, 6.45) is 0.962. The van der Waals surface area contributed by atoms with Crippen LogP contribution in [0.4, 0.5) is 17.6 Å². The van der Waals surface area contributed by atoms with Crippen LogP contribution in [0, 0.1) is 0 Å². The van der Waals surface area contributed by atoms with Crippen molar-refractivity contribution in [2.24, 2.45) is 0 Å². The van der Waals surface area contributed by atoms with Gasteiger partial charge < -0.3 is 19.6 Å². The van der Waals surface area contributed by atoms with Gasteiger partial charge in [0.25, 0.3) is 10.1 Å².